The van der Waals surface area contributed by atoms with Crippen molar-refractivity contribution < 1.29 is 0 Å². The third-order valence-corrected chi connectivity index (χ3v) is 3.37. The Labute approximate surface area is 104 Å². The summed E-state index contributed by atoms with van der Waals surface area (Å²) in [5.74, 6) is 1.72. The predicted molar refractivity (Wildman–Crippen MR) is 75.8 cm³/mol. The SMILES string of the molecule is CCCCC(CC(C)CCC(C)C)=C(C)C. The van der Waals surface area contributed by atoms with Crippen LogP contribution in [0.3, 0.4) is 0 Å². The minimum absolute atomic E-state index is 0.855. The summed E-state index contributed by atoms with van der Waals surface area (Å²) in [6, 6.07) is 0. The molecule has 0 aliphatic rings. The van der Waals surface area contributed by atoms with E-state index in [4.69, 9.17) is 0 Å². The fourth-order valence-electron chi connectivity index (χ4n) is 2.09. The number of allylic oxidation sites excluding steroid dienone is 2. The molecule has 1 unspecified atom stereocenters. The van der Waals surface area contributed by atoms with E-state index in [0.29, 0.717) is 0 Å². The van der Waals surface area contributed by atoms with Crippen molar-refractivity contribution in [3.05, 3.63) is 11.1 Å². The molecule has 0 N–H and O–H groups in total. The molecule has 0 nitrogen and oxygen atoms in total. The Morgan fingerprint density at radius 3 is 2.06 bits per heavy atom. The van der Waals surface area contributed by atoms with Crippen molar-refractivity contribution in [2.75, 3.05) is 0 Å². The lowest BCUT2D eigenvalue weighted by Gasteiger charge is -2.17. The molecule has 0 spiro atoms. The molecule has 0 saturated carbocycles. The first-order valence-electron chi connectivity index (χ1n) is 7.12. The van der Waals surface area contributed by atoms with Crippen molar-refractivity contribution in [1.29, 1.82) is 0 Å². The smallest absolute Gasteiger partial charge is 0.0292 e. The van der Waals surface area contributed by atoms with Crippen LogP contribution < -0.4 is 0 Å². The van der Waals surface area contributed by atoms with Gasteiger partial charge in [-0.05, 0) is 44.9 Å². The average Bonchev–Trinajstić information content (AvgIpc) is 2.20. The van der Waals surface area contributed by atoms with Crippen LogP contribution in [0.15, 0.2) is 11.1 Å². The molecule has 0 fully saturated rings. The zero-order valence-electron chi connectivity index (χ0n) is 12.4. The van der Waals surface area contributed by atoms with Gasteiger partial charge < -0.3 is 0 Å². The van der Waals surface area contributed by atoms with Crippen LogP contribution in [-0.2, 0) is 0 Å². The van der Waals surface area contributed by atoms with Crippen LogP contribution in [0.25, 0.3) is 0 Å². The van der Waals surface area contributed by atoms with E-state index < -0.39 is 0 Å². The minimum atomic E-state index is 0.855. The molecular formula is C16H32. The van der Waals surface area contributed by atoms with Gasteiger partial charge in [0.1, 0.15) is 0 Å². The van der Waals surface area contributed by atoms with Crippen LogP contribution in [0.2, 0.25) is 0 Å². The summed E-state index contributed by atoms with van der Waals surface area (Å²) in [7, 11) is 0. The van der Waals surface area contributed by atoms with Crippen LogP contribution in [0.5, 0.6) is 0 Å². The highest BCUT2D eigenvalue weighted by Gasteiger charge is 2.08. The van der Waals surface area contributed by atoms with Crippen LogP contribution in [0, 0.1) is 11.8 Å². The van der Waals surface area contributed by atoms with Gasteiger partial charge in [0, 0.05) is 0 Å². The van der Waals surface area contributed by atoms with E-state index in [2.05, 4.69) is 41.5 Å². The lowest BCUT2D eigenvalue weighted by atomic mass is 9.89. The van der Waals surface area contributed by atoms with Crippen molar-refractivity contribution >= 4 is 0 Å². The van der Waals surface area contributed by atoms with E-state index in [9.17, 15) is 0 Å². The highest BCUT2D eigenvalue weighted by molar-refractivity contribution is 5.10. The first kappa shape index (κ1) is 15.7. The van der Waals surface area contributed by atoms with Gasteiger partial charge in [0.2, 0.25) is 0 Å². The van der Waals surface area contributed by atoms with Gasteiger partial charge in [0.05, 0.1) is 0 Å². The molecule has 0 aliphatic heterocycles. The van der Waals surface area contributed by atoms with Crippen LogP contribution in [0.1, 0.15) is 80.1 Å². The van der Waals surface area contributed by atoms with Crippen LogP contribution in [0.4, 0.5) is 0 Å². The van der Waals surface area contributed by atoms with Gasteiger partial charge >= 0.3 is 0 Å². The molecule has 0 aromatic heterocycles. The lowest BCUT2D eigenvalue weighted by molar-refractivity contribution is 0.442. The highest BCUT2D eigenvalue weighted by atomic mass is 14.1. The molecule has 96 valence electrons. The Morgan fingerprint density at radius 2 is 1.62 bits per heavy atom. The van der Waals surface area contributed by atoms with E-state index in [1.807, 2.05) is 0 Å². The maximum absolute atomic E-state index is 2.41. The molecule has 0 aliphatic carbocycles. The lowest BCUT2D eigenvalue weighted by Crippen LogP contribution is -2.01. The second-order valence-electron chi connectivity index (χ2n) is 5.99. The molecule has 0 aromatic carbocycles. The molecular weight excluding hydrogens is 192 g/mol. The van der Waals surface area contributed by atoms with Gasteiger partial charge in [-0.25, -0.2) is 0 Å². The molecule has 0 amide bonds. The molecule has 0 heteroatoms. The van der Waals surface area contributed by atoms with E-state index >= 15 is 0 Å². The summed E-state index contributed by atoms with van der Waals surface area (Å²) in [5.41, 5.74) is 3.28. The molecule has 1 atom stereocenters. The molecule has 0 heterocycles. The molecule has 16 heavy (non-hydrogen) atoms. The maximum Gasteiger partial charge on any atom is -0.0292 e. The number of unbranched alkanes of at least 4 members (excludes halogenated alkanes) is 1. The zero-order chi connectivity index (χ0) is 12.6. The van der Waals surface area contributed by atoms with Gasteiger partial charge in [-0.2, -0.15) is 0 Å². The van der Waals surface area contributed by atoms with Crippen molar-refractivity contribution in [3.8, 4) is 0 Å². The Kier molecular flexibility index (Phi) is 8.70. The Hall–Kier alpha value is -0.260. The standard InChI is InChI=1S/C16H32/c1-7-8-9-16(14(4)5)12-15(6)11-10-13(2)3/h13,15H,7-12H2,1-6H3. The third-order valence-electron chi connectivity index (χ3n) is 3.37. The normalized spacial score (nSPS) is 12.9. The number of hydrogen-bond donors (Lipinski definition) is 0. The minimum Gasteiger partial charge on any atom is -0.0772 e. The van der Waals surface area contributed by atoms with Gasteiger partial charge in [-0.3, -0.25) is 0 Å². The van der Waals surface area contributed by atoms with E-state index in [1.54, 1.807) is 11.1 Å². The monoisotopic (exact) mass is 224 g/mol. The largest absolute Gasteiger partial charge is 0.0772 e. The zero-order valence-corrected chi connectivity index (χ0v) is 12.4. The number of hydrogen-bond acceptors (Lipinski definition) is 0. The molecule has 0 aromatic rings. The summed E-state index contributed by atoms with van der Waals surface area (Å²) in [4.78, 5) is 0. The quantitative estimate of drug-likeness (QED) is 0.445. The van der Waals surface area contributed by atoms with E-state index in [-0.39, 0.29) is 0 Å². The van der Waals surface area contributed by atoms with Gasteiger partial charge in [-0.1, -0.05) is 58.1 Å². The first-order chi connectivity index (χ1) is 7.47. The fourth-order valence-corrected chi connectivity index (χ4v) is 2.09. The van der Waals surface area contributed by atoms with Gasteiger partial charge in [-0.15, -0.1) is 0 Å². The first-order valence-corrected chi connectivity index (χ1v) is 7.12. The van der Waals surface area contributed by atoms with Crippen molar-refractivity contribution in [3.63, 3.8) is 0 Å². The van der Waals surface area contributed by atoms with Crippen molar-refractivity contribution in [2.24, 2.45) is 11.8 Å². The van der Waals surface area contributed by atoms with Crippen molar-refractivity contribution in [1.82, 2.24) is 0 Å². The van der Waals surface area contributed by atoms with Gasteiger partial charge in [0.15, 0.2) is 0 Å². The molecule has 0 rings (SSSR count). The second kappa shape index (κ2) is 8.84. The van der Waals surface area contributed by atoms with Crippen LogP contribution >= 0.6 is 0 Å². The summed E-state index contributed by atoms with van der Waals surface area (Å²) in [6.45, 7) is 13.9. The summed E-state index contributed by atoms with van der Waals surface area (Å²) < 4.78 is 0. The van der Waals surface area contributed by atoms with Crippen LogP contribution in [-0.4, -0.2) is 0 Å². The Bertz CT molecular complexity index is 194. The molecule has 0 bridgehead atoms. The topological polar surface area (TPSA) is 0 Å². The third kappa shape index (κ3) is 7.96. The van der Waals surface area contributed by atoms with E-state index in [1.165, 1.54) is 38.5 Å². The second-order valence-corrected chi connectivity index (χ2v) is 5.99. The predicted octanol–water partition coefficient (Wildman–Crippen LogP) is 5.98. The van der Waals surface area contributed by atoms with Gasteiger partial charge in [0.25, 0.3) is 0 Å². The summed E-state index contributed by atoms with van der Waals surface area (Å²) >= 11 is 0. The van der Waals surface area contributed by atoms with Crippen molar-refractivity contribution in [2.45, 2.75) is 80.1 Å². The Balaban J connectivity index is 4.04. The Morgan fingerprint density at radius 1 is 1.00 bits per heavy atom. The maximum atomic E-state index is 2.41. The number of rotatable bonds is 8. The summed E-state index contributed by atoms with van der Waals surface area (Å²) in [6.07, 6.45) is 8.10. The molecule has 0 radical (unpaired) electrons. The molecule has 0 saturated heterocycles. The fraction of sp³-hybridized carbons (Fsp3) is 0.875. The highest BCUT2D eigenvalue weighted by Crippen LogP contribution is 2.24. The van der Waals surface area contributed by atoms with E-state index in [0.717, 1.165) is 11.8 Å². The summed E-state index contributed by atoms with van der Waals surface area (Å²) in [5, 5.41) is 0. The average molecular weight is 224 g/mol.